The fraction of sp³-hybridized carbons (Fsp3) is 0.462. The Bertz CT molecular complexity index is 376. The Hall–Kier alpha value is -0.870. The summed E-state index contributed by atoms with van der Waals surface area (Å²) in [5.74, 6) is 0.207. The minimum atomic E-state index is -0.122. The first-order valence-electron chi connectivity index (χ1n) is 5.70. The quantitative estimate of drug-likeness (QED) is 0.929. The summed E-state index contributed by atoms with van der Waals surface area (Å²) in [6.07, 6.45) is 0. The van der Waals surface area contributed by atoms with Crippen molar-refractivity contribution in [1.82, 2.24) is 0 Å². The Labute approximate surface area is 111 Å². The Morgan fingerprint density at radius 2 is 1.88 bits per heavy atom. The number of hydrogen-bond acceptors (Lipinski definition) is 2. The van der Waals surface area contributed by atoms with Gasteiger partial charge in [-0.3, -0.25) is 4.79 Å². The Balaban J connectivity index is 2.85. The van der Waals surface area contributed by atoms with Crippen molar-refractivity contribution in [2.45, 2.75) is 13.8 Å². The molecule has 1 unspecified atom stereocenters. The van der Waals surface area contributed by atoms with Gasteiger partial charge in [-0.15, -0.1) is 0 Å². The first kappa shape index (κ1) is 14.2. The van der Waals surface area contributed by atoms with Gasteiger partial charge in [-0.05, 0) is 30.2 Å². The number of hydrogen-bond donors (Lipinski definition) is 1. The van der Waals surface area contributed by atoms with E-state index < -0.39 is 0 Å². The molecule has 1 amide bonds. The smallest absolute Gasteiger partial charge is 0.231 e. The van der Waals surface area contributed by atoms with E-state index in [9.17, 15) is 4.79 Å². The molecular formula is C13H19BrN2O. The molecule has 0 aliphatic carbocycles. The number of nitrogens with zero attached hydrogens (tertiary/aromatic N) is 1. The van der Waals surface area contributed by atoms with Crippen LogP contribution in [0.5, 0.6) is 0 Å². The summed E-state index contributed by atoms with van der Waals surface area (Å²) in [5.41, 5.74) is 6.55. The van der Waals surface area contributed by atoms with E-state index in [1.165, 1.54) is 0 Å². The zero-order chi connectivity index (χ0) is 13.0. The number of rotatable bonds is 4. The van der Waals surface area contributed by atoms with Crippen LogP contribution < -0.4 is 10.6 Å². The molecule has 0 spiro atoms. The minimum absolute atomic E-state index is 0.0739. The first-order valence-corrected chi connectivity index (χ1v) is 6.50. The van der Waals surface area contributed by atoms with Crippen LogP contribution >= 0.6 is 15.9 Å². The predicted molar refractivity (Wildman–Crippen MR) is 74.9 cm³/mol. The monoisotopic (exact) mass is 298 g/mol. The van der Waals surface area contributed by atoms with Crippen LogP contribution in [0.15, 0.2) is 28.7 Å². The number of anilines is 1. The van der Waals surface area contributed by atoms with Gasteiger partial charge in [0, 0.05) is 23.8 Å². The second kappa shape index (κ2) is 6.17. The van der Waals surface area contributed by atoms with Gasteiger partial charge >= 0.3 is 0 Å². The fourth-order valence-electron chi connectivity index (χ4n) is 1.70. The number of nitrogens with two attached hydrogens (primary N) is 1. The lowest BCUT2D eigenvalue weighted by Crippen LogP contribution is -2.39. The Morgan fingerprint density at radius 1 is 1.35 bits per heavy atom. The average molecular weight is 299 g/mol. The van der Waals surface area contributed by atoms with Crippen molar-refractivity contribution in [3.8, 4) is 0 Å². The van der Waals surface area contributed by atoms with Crippen molar-refractivity contribution >= 4 is 27.5 Å². The third-order valence-corrected chi connectivity index (χ3v) is 3.45. The highest BCUT2D eigenvalue weighted by Gasteiger charge is 2.24. The van der Waals surface area contributed by atoms with Gasteiger partial charge in [0.25, 0.3) is 0 Å². The molecule has 1 atom stereocenters. The molecule has 0 heterocycles. The number of amides is 1. The van der Waals surface area contributed by atoms with E-state index in [2.05, 4.69) is 15.9 Å². The fourth-order valence-corrected chi connectivity index (χ4v) is 1.96. The molecule has 17 heavy (non-hydrogen) atoms. The summed E-state index contributed by atoms with van der Waals surface area (Å²) in [7, 11) is 1.79. The first-order chi connectivity index (χ1) is 7.97. The molecule has 0 fully saturated rings. The maximum Gasteiger partial charge on any atom is 0.231 e. The molecular weight excluding hydrogens is 280 g/mol. The van der Waals surface area contributed by atoms with Gasteiger partial charge in [-0.2, -0.15) is 0 Å². The molecule has 2 N–H and O–H groups in total. The number of carbonyl (C=O) groups is 1. The normalized spacial score (nSPS) is 12.6. The van der Waals surface area contributed by atoms with Crippen LogP contribution in [0.25, 0.3) is 0 Å². The maximum atomic E-state index is 12.2. The van der Waals surface area contributed by atoms with Gasteiger partial charge in [0.15, 0.2) is 0 Å². The molecule has 0 aliphatic rings. The van der Waals surface area contributed by atoms with Crippen LogP contribution in [0.2, 0.25) is 0 Å². The van der Waals surface area contributed by atoms with E-state index in [4.69, 9.17) is 5.73 Å². The number of carbonyl (C=O) groups excluding carboxylic acids is 1. The van der Waals surface area contributed by atoms with Crippen molar-refractivity contribution in [3.05, 3.63) is 28.7 Å². The summed E-state index contributed by atoms with van der Waals surface area (Å²) in [4.78, 5) is 13.9. The highest BCUT2D eigenvalue weighted by Crippen LogP contribution is 2.20. The minimum Gasteiger partial charge on any atom is -0.330 e. The van der Waals surface area contributed by atoms with Crippen molar-refractivity contribution < 1.29 is 4.79 Å². The zero-order valence-corrected chi connectivity index (χ0v) is 12.1. The summed E-state index contributed by atoms with van der Waals surface area (Å²) in [6, 6.07) is 7.67. The SMILES string of the molecule is CC(C)C(CN)C(=O)N(C)c1ccc(Br)cc1. The van der Waals surface area contributed by atoms with E-state index in [1.54, 1.807) is 11.9 Å². The van der Waals surface area contributed by atoms with Crippen molar-refractivity contribution in [2.24, 2.45) is 17.6 Å². The zero-order valence-electron chi connectivity index (χ0n) is 10.5. The van der Waals surface area contributed by atoms with Crippen molar-refractivity contribution in [2.75, 3.05) is 18.5 Å². The second-order valence-electron chi connectivity index (χ2n) is 4.46. The predicted octanol–water partition coefficient (Wildman–Crippen LogP) is 2.64. The van der Waals surface area contributed by atoms with E-state index in [0.717, 1.165) is 10.2 Å². The van der Waals surface area contributed by atoms with Crippen molar-refractivity contribution in [1.29, 1.82) is 0 Å². The number of benzene rings is 1. The summed E-state index contributed by atoms with van der Waals surface area (Å²) in [6.45, 7) is 4.42. The lowest BCUT2D eigenvalue weighted by atomic mass is 9.94. The van der Waals surface area contributed by atoms with Crippen LogP contribution in [-0.4, -0.2) is 19.5 Å². The maximum absolute atomic E-state index is 12.2. The van der Waals surface area contributed by atoms with Gasteiger partial charge in [0.2, 0.25) is 5.91 Å². The molecule has 0 bridgehead atoms. The largest absolute Gasteiger partial charge is 0.330 e. The molecule has 1 rings (SSSR count). The Morgan fingerprint density at radius 3 is 2.29 bits per heavy atom. The second-order valence-corrected chi connectivity index (χ2v) is 5.38. The molecule has 1 aromatic rings. The summed E-state index contributed by atoms with van der Waals surface area (Å²) >= 11 is 3.37. The summed E-state index contributed by atoms with van der Waals surface area (Å²) < 4.78 is 1.00. The third-order valence-electron chi connectivity index (χ3n) is 2.92. The molecule has 4 heteroatoms. The summed E-state index contributed by atoms with van der Waals surface area (Å²) in [5, 5.41) is 0. The molecule has 0 saturated carbocycles. The van der Waals surface area contributed by atoms with Gasteiger partial charge in [0.05, 0.1) is 5.92 Å². The van der Waals surface area contributed by atoms with Gasteiger partial charge in [-0.1, -0.05) is 29.8 Å². The van der Waals surface area contributed by atoms with Crippen LogP contribution in [0.1, 0.15) is 13.8 Å². The average Bonchev–Trinajstić information content (AvgIpc) is 2.29. The highest BCUT2D eigenvalue weighted by atomic mass is 79.9. The van der Waals surface area contributed by atoms with Gasteiger partial charge in [-0.25, -0.2) is 0 Å². The van der Waals surface area contributed by atoms with E-state index in [0.29, 0.717) is 6.54 Å². The number of halogens is 1. The molecule has 0 saturated heterocycles. The third kappa shape index (κ3) is 3.54. The van der Waals surface area contributed by atoms with Crippen LogP contribution in [-0.2, 0) is 4.79 Å². The standard InChI is InChI=1S/C13H19BrN2O/c1-9(2)12(8-15)13(17)16(3)11-6-4-10(14)5-7-11/h4-7,9,12H,8,15H2,1-3H3. The molecule has 94 valence electrons. The lowest BCUT2D eigenvalue weighted by Gasteiger charge is -2.25. The highest BCUT2D eigenvalue weighted by molar-refractivity contribution is 9.10. The molecule has 0 aliphatic heterocycles. The lowest BCUT2D eigenvalue weighted by molar-refractivity contribution is -0.123. The van der Waals surface area contributed by atoms with Gasteiger partial charge < -0.3 is 10.6 Å². The molecule has 3 nitrogen and oxygen atoms in total. The Kier molecular flexibility index (Phi) is 5.15. The van der Waals surface area contributed by atoms with E-state index in [1.807, 2.05) is 38.1 Å². The topological polar surface area (TPSA) is 46.3 Å². The van der Waals surface area contributed by atoms with Crippen LogP contribution in [0, 0.1) is 11.8 Å². The molecule has 1 aromatic carbocycles. The molecule has 0 radical (unpaired) electrons. The molecule has 0 aromatic heterocycles. The van der Waals surface area contributed by atoms with Gasteiger partial charge in [0.1, 0.15) is 0 Å². The van der Waals surface area contributed by atoms with E-state index >= 15 is 0 Å². The van der Waals surface area contributed by atoms with Crippen molar-refractivity contribution in [3.63, 3.8) is 0 Å². The van der Waals surface area contributed by atoms with Crippen LogP contribution in [0.3, 0.4) is 0 Å². The van der Waals surface area contributed by atoms with Crippen LogP contribution in [0.4, 0.5) is 5.69 Å². The van der Waals surface area contributed by atoms with E-state index in [-0.39, 0.29) is 17.7 Å².